The molecule has 1 fully saturated rings. The molecule has 0 aliphatic carbocycles. The topological polar surface area (TPSA) is 87.1 Å². The Morgan fingerprint density at radius 3 is 2.04 bits per heavy atom. The van der Waals surface area contributed by atoms with Gasteiger partial charge in [0.05, 0.1) is 16.3 Å². The third-order valence-electron chi connectivity index (χ3n) is 4.42. The molecule has 1 aliphatic heterocycles. The molecule has 3 aromatic rings. The van der Waals surface area contributed by atoms with Crippen molar-refractivity contribution < 1.29 is 4.79 Å². The zero-order valence-corrected chi connectivity index (χ0v) is 15.8. The smallest absolute Gasteiger partial charge is 0.258 e. The maximum atomic E-state index is 12.4. The molecular formula is C19H18ClN7O. The summed E-state index contributed by atoms with van der Waals surface area (Å²) in [6.45, 7) is 3.07. The highest BCUT2D eigenvalue weighted by Crippen LogP contribution is 2.21. The van der Waals surface area contributed by atoms with Gasteiger partial charge in [0.1, 0.15) is 0 Å². The first-order valence-corrected chi connectivity index (χ1v) is 9.23. The molecule has 0 spiro atoms. The summed E-state index contributed by atoms with van der Waals surface area (Å²) in [5.74, 6) is 1.03. The number of nitrogens with one attached hydrogen (secondary N) is 1. The lowest BCUT2D eigenvalue weighted by Gasteiger charge is -2.34. The van der Waals surface area contributed by atoms with Crippen LogP contribution in [0.2, 0.25) is 5.02 Å². The average Bonchev–Trinajstić information content (AvgIpc) is 2.76. The summed E-state index contributed by atoms with van der Waals surface area (Å²) >= 11 is 6.07. The maximum Gasteiger partial charge on any atom is 0.258 e. The minimum Gasteiger partial charge on any atom is -0.337 e. The van der Waals surface area contributed by atoms with Crippen LogP contribution >= 0.6 is 11.6 Å². The van der Waals surface area contributed by atoms with E-state index < -0.39 is 0 Å². The Hall–Kier alpha value is -3.26. The molecule has 0 bridgehead atoms. The van der Waals surface area contributed by atoms with Gasteiger partial charge in [-0.25, -0.2) is 19.9 Å². The van der Waals surface area contributed by atoms with E-state index in [1.165, 1.54) is 12.4 Å². The third-order valence-corrected chi connectivity index (χ3v) is 4.75. The van der Waals surface area contributed by atoms with E-state index >= 15 is 0 Å². The number of para-hydroxylation sites is 1. The number of aromatic nitrogens is 4. The Morgan fingerprint density at radius 1 is 0.857 bits per heavy atom. The minimum atomic E-state index is -0.300. The molecule has 1 amide bonds. The lowest BCUT2D eigenvalue weighted by molar-refractivity contribution is 0.102. The molecule has 1 aromatic carbocycles. The van der Waals surface area contributed by atoms with Gasteiger partial charge in [-0.3, -0.25) is 4.79 Å². The minimum absolute atomic E-state index is 0.300. The van der Waals surface area contributed by atoms with Gasteiger partial charge >= 0.3 is 0 Å². The number of halogens is 1. The first-order valence-electron chi connectivity index (χ1n) is 8.85. The number of anilines is 3. The van der Waals surface area contributed by atoms with Crippen LogP contribution in [-0.4, -0.2) is 52.0 Å². The van der Waals surface area contributed by atoms with Crippen LogP contribution in [0.25, 0.3) is 0 Å². The van der Waals surface area contributed by atoms with Gasteiger partial charge < -0.3 is 15.1 Å². The Kier molecular flexibility index (Phi) is 5.29. The molecule has 0 unspecified atom stereocenters. The number of hydrogen-bond donors (Lipinski definition) is 1. The van der Waals surface area contributed by atoms with Crippen LogP contribution in [-0.2, 0) is 0 Å². The van der Waals surface area contributed by atoms with Gasteiger partial charge in [0.2, 0.25) is 11.9 Å². The molecule has 0 radical (unpaired) electrons. The largest absolute Gasteiger partial charge is 0.337 e. The van der Waals surface area contributed by atoms with Crippen LogP contribution in [0.3, 0.4) is 0 Å². The Labute approximate surface area is 167 Å². The lowest BCUT2D eigenvalue weighted by Crippen LogP contribution is -2.47. The zero-order valence-electron chi connectivity index (χ0n) is 15.0. The fraction of sp³-hybridized carbons (Fsp3) is 0.211. The highest BCUT2D eigenvalue weighted by Gasteiger charge is 2.21. The average molecular weight is 396 g/mol. The Morgan fingerprint density at radius 2 is 1.43 bits per heavy atom. The number of amides is 1. The third kappa shape index (κ3) is 4.01. The fourth-order valence-electron chi connectivity index (χ4n) is 2.92. The van der Waals surface area contributed by atoms with Crippen molar-refractivity contribution in [2.24, 2.45) is 0 Å². The summed E-state index contributed by atoms with van der Waals surface area (Å²) in [6.07, 6.45) is 6.54. The predicted molar refractivity (Wildman–Crippen MR) is 108 cm³/mol. The fourth-order valence-corrected chi connectivity index (χ4v) is 3.10. The zero-order chi connectivity index (χ0) is 19.3. The Bertz CT molecular complexity index is 944. The molecule has 1 aliphatic rings. The summed E-state index contributed by atoms with van der Waals surface area (Å²) in [6, 6.07) is 8.88. The van der Waals surface area contributed by atoms with E-state index in [-0.39, 0.29) is 5.91 Å². The first kappa shape index (κ1) is 18.1. The number of carbonyl (C=O) groups is 1. The van der Waals surface area contributed by atoms with E-state index in [4.69, 9.17) is 11.6 Å². The summed E-state index contributed by atoms with van der Waals surface area (Å²) in [5, 5.41) is 3.24. The van der Waals surface area contributed by atoms with Crippen molar-refractivity contribution in [3.05, 3.63) is 65.7 Å². The SMILES string of the molecule is O=C(Nc1ccccc1Cl)c1cnc(N2CCN(c3ncccn3)CC2)nc1. The van der Waals surface area contributed by atoms with Crippen molar-refractivity contribution in [1.29, 1.82) is 0 Å². The summed E-state index contributed by atoms with van der Waals surface area (Å²) in [7, 11) is 0. The second kappa shape index (κ2) is 8.18. The van der Waals surface area contributed by atoms with Crippen LogP contribution in [0.4, 0.5) is 17.6 Å². The van der Waals surface area contributed by atoms with Crippen molar-refractivity contribution >= 4 is 35.1 Å². The van der Waals surface area contributed by atoms with Crippen molar-refractivity contribution in [2.45, 2.75) is 0 Å². The van der Waals surface area contributed by atoms with Gasteiger partial charge in [-0.15, -0.1) is 0 Å². The van der Waals surface area contributed by atoms with Gasteiger partial charge in [-0.1, -0.05) is 23.7 Å². The van der Waals surface area contributed by atoms with Crippen molar-refractivity contribution in [3.63, 3.8) is 0 Å². The molecule has 0 atom stereocenters. The van der Waals surface area contributed by atoms with E-state index in [1.807, 2.05) is 0 Å². The number of rotatable bonds is 4. The monoisotopic (exact) mass is 395 g/mol. The normalized spacial score (nSPS) is 14.0. The summed E-state index contributed by atoms with van der Waals surface area (Å²) in [4.78, 5) is 33.9. The van der Waals surface area contributed by atoms with Gasteiger partial charge in [0.15, 0.2) is 0 Å². The second-order valence-corrected chi connectivity index (χ2v) is 6.64. The molecule has 9 heteroatoms. The number of carbonyl (C=O) groups excluding carboxylic acids is 1. The predicted octanol–water partition coefficient (Wildman–Crippen LogP) is 2.50. The molecule has 0 saturated carbocycles. The summed E-state index contributed by atoms with van der Waals surface area (Å²) < 4.78 is 0. The highest BCUT2D eigenvalue weighted by atomic mass is 35.5. The van der Waals surface area contributed by atoms with Crippen LogP contribution < -0.4 is 15.1 Å². The molecule has 3 heterocycles. The van der Waals surface area contributed by atoms with E-state index in [0.717, 1.165) is 32.1 Å². The van der Waals surface area contributed by atoms with E-state index in [2.05, 4.69) is 35.1 Å². The van der Waals surface area contributed by atoms with E-state index in [1.54, 1.807) is 42.7 Å². The standard InChI is InChI=1S/C19H18ClN7O/c20-15-4-1-2-5-16(15)25-17(28)14-12-23-19(24-13-14)27-10-8-26(9-11-27)18-21-6-3-7-22-18/h1-7,12-13H,8-11H2,(H,25,28). The van der Waals surface area contributed by atoms with Crippen molar-refractivity contribution in [1.82, 2.24) is 19.9 Å². The van der Waals surface area contributed by atoms with E-state index in [9.17, 15) is 4.79 Å². The van der Waals surface area contributed by atoms with E-state index in [0.29, 0.717) is 22.2 Å². The van der Waals surface area contributed by atoms with Crippen molar-refractivity contribution in [3.8, 4) is 0 Å². The molecule has 8 nitrogen and oxygen atoms in total. The van der Waals surface area contributed by atoms with Gasteiger partial charge in [0, 0.05) is 51.0 Å². The molecule has 1 N–H and O–H groups in total. The van der Waals surface area contributed by atoms with Crippen LogP contribution in [0.15, 0.2) is 55.1 Å². The maximum absolute atomic E-state index is 12.4. The number of hydrogen-bond acceptors (Lipinski definition) is 7. The van der Waals surface area contributed by atoms with Gasteiger partial charge in [-0.2, -0.15) is 0 Å². The van der Waals surface area contributed by atoms with Crippen molar-refractivity contribution in [2.75, 3.05) is 41.3 Å². The quantitative estimate of drug-likeness (QED) is 0.726. The number of piperazine rings is 1. The van der Waals surface area contributed by atoms with Crippen LogP contribution in [0.5, 0.6) is 0 Å². The highest BCUT2D eigenvalue weighted by molar-refractivity contribution is 6.33. The molecule has 28 heavy (non-hydrogen) atoms. The Balaban J connectivity index is 1.37. The van der Waals surface area contributed by atoms with Gasteiger partial charge in [0.25, 0.3) is 5.91 Å². The van der Waals surface area contributed by atoms with Crippen LogP contribution in [0, 0.1) is 0 Å². The molecular weight excluding hydrogens is 378 g/mol. The summed E-state index contributed by atoms with van der Waals surface area (Å²) in [5.41, 5.74) is 0.928. The molecule has 1 saturated heterocycles. The van der Waals surface area contributed by atoms with Gasteiger partial charge in [-0.05, 0) is 18.2 Å². The second-order valence-electron chi connectivity index (χ2n) is 6.23. The molecule has 2 aromatic heterocycles. The number of nitrogens with zero attached hydrogens (tertiary/aromatic N) is 6. The molecule has 142 valence electrons. The first-order chi connectivity index (χ1) is 13.7. The lowest BCUT2D eigenvalue weighted by atomic mass is 10.2. The van der Waals surface area contributed by atoms with Crippen LogP contribution in [0.1, 0.15) is 10.4 Å². The number of benzene rings is 1. The molecule has 4 rings (SSSR count).